The molecule has 3 aromatic rings. The van der Waals surface area contributed by atoms with Gasteiger partial charge >= 0.3 is 7.05 Å². The first-order chi connectivity index (χ1) is 11.7. The first-order valence-corrected chi connectivity index (χ1v) is 9.59. The molecule has 4 rings (SSSR count). The van der Waals surface area contributed by atoms with Gasteiger partial charge in [0, 0.05) is 9.26 Å². The lowest BCUT2D eigenvalue weighted by molar-refractivity contribution is 0.367. The molecular formula is C17H11BClIN2OS. The second-order valence-electron chi connectivity index (χ2n) is 5.23. The van der Waals surface area contributed by atoms with E-state index in [1.54, 1.807) is 0 Å². The molecule has 1 aromatic heterocycles. The third-order valence-corrected chi connectivity index (χ3v) is 5.63. The maximum Gasteiger partial charge on any atom is 0.550 e. The molecule has 0 N–H and O–H groups in total. The third kappa shape index (κ3) is 3.05. The van der Waals surface area contributed by atoms with E-state index >= 15 is 0 Å². The maximum absolute atomic E-state index is 6.11. The van der Waals surface area contributed by atoms with Crippen LogP contribution < -0.4 is 10.3 Å². The summed E-state index contributed by atoms with van der Waals surface area (Å²) in [6.07, 6.45) is 0. The van der Waals surface area contributed by atoms with Gasteiger partial charge in [0.25, 0.3) is 0 Å². The van der Waals surface area contributed by atoms with Crippen LogP contribution in [0.3, 0.4) is 0 Å². The fourth-order valence-corrected chi connectivity index (χ4v) is 3.97. The fraction of sp³-hybridized carbons (Fsp3) is 0. The molecule has 3 nitrogen and oxygen atoms in total. The Balaban J connectivity index is 1.78. The number of anilines is 1. The van der Waals surface area contributed by atoms with E-state index in [2.05, 4.69) is 56.8 Å². The molecule has 24 heavy (non-hydrogen) atoms. The Morgan fingerprint density at radius 1 is 1.00 bits per heavy atom. The first-order valence-electron chi connectivity index (χ1n) is 7.31. The molecule has 118 valence electrons. The van der Waals surface area contributed by atoms with Crippen molar-refractivity contribution in [2.75, 3.05) is 4.81 Å². The van der Waals surface area contributed by atoms with Gasteiger partial charge in [0.15, 0.2) is 5.84 Å². The zero-order chi connectivity index (χ0) is 16.5. The van der Waals surface area contributed by atoms with Crippen LogP contribution in [-0.4, -0.2) is 12.9 Å². The highest BCUT2D eigenvalue weighted by molar-refractivity contribution is 14.1. The molecule has 0 saturated heterocycles. The molecule has 0 unspecified atom stereocenters. The van der Waals surface area contributed by atoms with Crippen LogP contribution in [0, 0.1) is 3.57 Å². The van der Waals surface area contributed by atoms with Crippen molar-refractivity contribution in [2.24, 2.45) is 5.16 Å². The minimum atomic E-state index is -0.290. The van der Waals surface area contributed by atoms with Crippen LogP contribution in [-0.2, 0) is 4.76 Å². The predicted molar refractivity (Wildman–Crippen MR) is 110 cm³/mol. The molecule has 0 spiro atoms. The van der Waals surface area contributed by atoms with E-state index in [0.717, 1.165) is 26.2 Å². The van der Waals surface area contributed by atoms with Crippen LogP contribution in [0.5, 0.6) is 0 Å². The largest absolute Gasteiger partial charge is 0.550 e. The minimum absolute atomic E-state index is 0.290. The number of rotatable bonds is 3. The second-order valence-corrected chi connectivity index (χ2v) is 8.19. The molecule has 0 bridgehead atoms. The molecule has 0 aliphatic carbocycles. The summed E-state index contributed by atoms with van der Waals surface area (Å²) >= 11 is 9.91. The van der Waals surface area contributed by atoms with Crippen LogP contribution in [0.25, 0.3) is 0 Å². The number of halogens is 2. The monoisotopic (exact) mass is 464 g/mol. The summed E-state index contributed by atoms with van der Waals surface area (Å²) in [6.45, 7) is 0. The van der Waals surface area contributed by atoms with Crippen LogP contribution in [0.2, 0.25) is 4.34 Å². The van der Waals surface area contributed by atoms with E-state index in [9.17, 15) is 0 Å². The molecule has 2 heterocycles. The average molecular weight is 465 g/mol. The summed E-state index contributed by atoms with van der Waals surface area (Å²) in [4.78, 5) is 3.09. The summed E-state index contributed by atoms with van der Waals surface area (Å²) in [5.41, 5.74) is 2.09. The lowest BCUT2D eigenvalue weighted by Crippen LogP contribution is -2.48. The summed E-state index contributed by atoms with van der Waals surface area (Å²) in [6, 6.07) is 22.3. The molecule has 0 radical (unpaired) electrons. The van der Waals surface area contributed by atoms with Gasteiger partial charge in [0.1, 0.15) is 0 Å². The average Bonchev–Trinajstić information content (AvgIpc) is 3.22. The van der Waals surface area contributed by atoms with Crippen LogP contribution in [0.15, 0.2) is 71.9 Å². The standard InChI is InChI=1S/C17H11BClIN2OS/c19-16-11-10-15(24-16)17-21-23-18(12-4-2-1-3-5-12)22(17)14-8-6-13(20)7-9-14/h1-11H. The van der Waals surface area contributed by atoms with Gasteiger partial charge in [-0.1, -0.05) is 47.1 Å². The lowest BCUT2D eigenvalue weighted by Gasteiger charge is -2.22. The lowest BCUT2D eigenvalue weighted by atomic mass is 9.71. The van der Waals surface area contributed by atoms with E-state index in [1.807, 2.05) is 42.5 Å². The number of benzene rings is 2. The number of thiophene rings is 1. The Kier molecular flexibility index (Phi) is 4.52. The van der Waals surface area contributed by atoms with Gasteiger partial charge in [0.2, 0.25) is 0 Å². The number of oxime groups is 1. The normalized spacial score (nSPS) is 13.8. The van der Waals surface area contributed by atoms with Crippen LogP contribution >= 0.6 is 45.5 Å². The number of hydrogen-bond donors (Lipinski definition) is 0. The Morgan fingerprint density at radius 3 is 2.42 bits per heavy atom. The second kappa shape index (κ2) is 6.78. The molecular weight excluding hydrogens is 453 g/mol. The summed E-state index contributed by atoms with van der Waals surface area (Å²) < 4.78 is 7.71. The zero-order valence-corrected chi connectivity index (χ0v) is 16.1. The van der Waals surface area contributed by atoms with E-state index in [1.165, 1.54) is 14.9 Å². The number of nitrogens with zero attached hydrogens (tertiary/aromatic N) is 2. The molecule has 0 fully saturated rings. The molecule has 0 atom stereocenters. The maximum atomic E-state index is 6.11. The summed E-state index contributed by atoms with van der Waals surface area (Å²) in [7, 11) is -0.290. The van der Waals surface area contributed by atoms with Crippen molar-refractivity contribution in [2.45, 2.75) is 0 Å². The minimum Gasteiger partial charge on any atom is -0.432 e. The Bertz CT molecular complexity index is 885. The quantitative estimate of drug-likeness (QED) is 0.418. The van der Waals surface area contributed by atoms with Gasteiger partial charge in [-0.05, 0) is 64.5 Å². The first kappa shape index (κ1) is 16.0. The smallest absolute Gasteiger partial charge is 0.432 e. The van der Waals surface area contributed by atoms with Gasteiger partial charge in [-0.25, -0.2) is 0 Å². The van der Waals surface area contributed by atoms with E-state index in [0.29, 0.717) is 0 Å². The zero-order valence-electron chi connectivity index (χ0n) is 12.4. The highest BCUT2D eigenvalue weighted by Gasteiger charge is 2.40. The highest BCUT2D eigenvalue weighted by atomic mass is 127. The van der Waals surface area contributed by atoms with E-state index in [4.69, 9.17) is 16.4 Å². The van der Waals surface area contributed by atoms with Crippen molar-refractivity contribution in [3.05, 3.63) is 79.5 Å². The highest BCUT2D eigenvalue weighted by Crippen LogP contribution is 2.29. The van der Waals surface area contributed by atoms with Crippen molar-refractivity contribution < 1.29 is 4.76 Å². The molecule has 7 heteroatoms. The van der Waals surface area contributed by atoms with Crippen molar-refractivity contribution in [3.8, 4) is 0 Å². The molecule has 0 saturated carbocycles. The van der Waals surface area contributed by atoms with Crippen molar-refractivity contribution in [1.29, 1.82) is 0 Å². The Morgan fingerprint density at radius 2 is 1.75 bits per heavy atom. The number of hydrogen-bond acceptors (Lipinski definition) is 4. The predicted octanol–water partition coefficient (Wildman–Crippen LogP) is 4.60. The SMILES string of the molecule is Clc1ccc(C2=NOB(c3ccccc3)N2c2ccc(I)cc2)s1. The van der Waals surface area contributed by atoms with Gasteiger partial charge in [0.05, 0.1) is 9.21 Å². The van der Waals surface area contributed by atoms with Crippen molar-refractivity contribution in [1.82, 2.24) is 0 Å². The molecule has 0 amide bonds. The summed E-state index contributed by atoms with van der Waals surface area (Å²) in [5, 5.41) is 4.35. The molecule has 1 aliphatic rings. The van der Waals surface area contributed by atoms with Crippen LogP contribution in [0.4, 0.5) is 5.69 Å². The van der Waals surface area contributed by atoms with Crippen molar-refractivity contribution in [3.63, 3.8) is 0 Å². The van der Waals surface area contributed by atoms with Gasteiger partial charge < -0.3 is 9.57 Å². The van der Waals surface area contributed by atoms with E-state index in [-0.39, 0.29) is 7.05 Å². The Labute approximate surface area is 163 Å². The van der Waals surface area contributed by atoms with Gasteiger partial charge in [-0.2, -0.15) is 0 Å². The Hall–Kier alpha value is -1.51. The molecule has 1 aliphatic heterocycles. The third-order valence-electron chi connectivity index (χ3n) is 3.68. The van der Waals surface area contributed by atoms with E-state index < -0.39 is 0 Å². The molecule has 2 aromatic carbocycles. The number of amidine groups is 1. The fourth-order valence-electron chi connectivity index (χ4n) is 2.59. The van der Waals surface area contributed by atoms with Gasteiger partial charge in [-0.15, -0.1) is 11.3 Å². The van der Waals surface area contributed by atoms with Crippen LogP contribution in [0.1, 0.15) is 4.88 Å². The van der Waals surface area contributed by atoms with Gasteiger partial charge in [-0.3, -0.25) is 0 Å². The topological polar surface area (TPSA) is 24.8 Å². The summed E-state index contributed by atoms with van der Waals surface area (Å²) in [5.74, 6) is 0.780. The van der Waals surface area contributed by atoms with Crippen molar-refractivity contribution >= 4 is 69.6 Å².